The van der Waals surface area contributed by atoms with E-state index in [9.17, 15) is 9.59 Å². The number of likely N-dealkylation sites (tertiary alicyclic amines) is 1. The lowest BCUT2D eigenvalue weighted by Gasteiger charge is -2.24. The van der Waals surface area contributed by atoms with Crippen LogP contribution in [-0.4, -0.2) is 36.5 Å². The van der Waals surface area contributed by atoms with E-state index in [0.29, 0.717) is 5.76 Å². The van der Waals surface area contributed by atoms with E-state index in [1.54, 1.807) is 17.0 Å². The summed E-state index contributed by atoms with van der Waals surface area (Å²) in [5.74, 6) is -0.0700. The van der Waals surface area contributed by atoms with Gasteiger partial charge in [-0.15, -0.1) is 0 Å². The minimum atomic E-state index is -0.535. The van der Waals surface area contributed by atoms with Crippen molar-refractivity contribution in [3.63, 3.8) is 0 Å². The second kappa shape index (κ2) is 8.97. The normalized spacial score (nSPS) is 16.3. The quantitative estimate of drug-likeness (QED) is 0.429. The Morgan fingerprint density at radius 1 is 1.18 bits per heavy atom. The van der Waals surface area contributed by atoms with Crippen LogP contribution in [0.4, 0.5) is 0 Å². The molecule has 22 heavy (non-hydrogen) atoms. The molecule has 0 saturated carbocycles. The Hall–Kier alpha value is -1.31. The first-order valence-electron chi connectivity index (χ1n) is 7.53. The fraction of sp³-hybridized carbons (Fsp3) is 0.500. The van der Waals surface area contributed by atoms with Crippen molar-refractivity contribution in [2.45, 2.75) is 32.1 Å². The number of rotatable bonds is 4. The molecule has 0 N–H and O–H groups in total. The van der Waals surface area contributed by atoms with Crippen LogP contribution in [0.25, 0.3) is 6.08 Å². The van der Waals surface area contributed by atoms with Crippen molar-refractivity contribution in [2.24, 2.45) is 0 Å². The predicted octanol–water partition coefficient (Wildman–Crippen LogP) is 3.23. The number of halogens is 1. The zero-order valence-electron chi connectivity index (χ0n) is 12.4. The lowest BCUT2D eigenvalue weighted by molar-refractivity contribution is -0.148. The highest BCUT2D eigenvalue weighted by Crippen LogP contribution is 2.12. The summed E-state index contributed by atoms with van der Waals surface area (Å²) in [6.07, 6.45) is 8.42. The minimum absolute atomic E-state index is 0.115. The summed E-state index contributed by atoms with van der Waals surface area (Å²) in [5.41, 5.74) is 0. The number of esters is 1. The second-order valence-electron chi connectivity index (χ2n) is 5.23. The lowest BCUT2D eigenvalue weighted by Crippen LogP contribution is -2.36. The number of hydrogen-bond acceptors (Lipinski definition) is 4. The lowest BCUT2D eigenvalue weighted by atomic mass is 10.1. The molecule has 1 fully saturated rings. The fourth-order valence-electron chi connectivity index (χ4n) is 2.34. The molecule has 1 aliphatic heterocycles. The van der Waals surface area contributed by atoms with Gasteiger partial charge < -0.3 is 14.1 Å². The molecule has 1 aromatic heterocycles. The van der Waals surface area contributed by atoms with Gasteiger partial charge in [0, 0.05) is 19.2 Å². The summed E-state index contributed by atoms with van der Waals surface area (Å²) < 4.78 is 11.0. The number of ether oxygens (including phenoxy) is 1. The Bertz CT molecular complexity index is 530. The van der Waals surface area contributed by atoms with Crippen LogP contribution in [-0.2, 0) is 14.3 Å². The van der Waals surface area contributed by atoms with Crippen LogP contribution in [0.15, 0.2) is 22.6 Å². The third kappa shape index (κ3) is 5.82. The SMILES string of the molecule is O=C(/C=C/c1ccc(I)o1)OCC(=O)N1CCCCCCC1. The van der Waals surface area contributed by atoms with Gasteiger partial charge in [-0.1, -0.05) is 19.3 Å². The first-order chi connectivity index (χ1) is 10.6. The van der Waals surface area contributed by atoms with E-state index in [2.05, 4.69) is 0 Å². The highest BCUT2D eigenvalue weighted by Gasteiger charge is 2.15. The van der Waals surface area contributed by atoms with Gasteiger partial charge in [-0.3, -0.25) is 4.79 Å². The van der Waals surface area contributed by atoms with Gasteiger partial charge >= 0.3 is 5.97 Å². The number of amides is 1. The number of hydrogen-bond donors (Lipinski definition) is 0. The van der Waals surface area contributed by atoms with Gasteiger partial charge in [-0.2, -0.15) is 0 Å². The molecule has 2 heterocycles. The van der Waals surface area contributed by atoms with Crippen molar-refractivity contribution >= 4 is 40.5 Å². The molecule has 0 bridgehead atoms. The monoisotopic (exact) mass is 417 g/mol. The van der Waals surface area contributed by atoms with Gasteiger partial charge in [0.2, 0.25) is 0 Å². The van der Waals surface area contributed by atoms with E-state index in [0.717, 1.165) is 42.5 Å². The first kappa shape index (κ1) is 17.1. The van der Waals surface area contributed by atoms with Crippen LogP contribution in [0.5, 0.6) is 0 Å². The molecule has 0 radical (unpaired) electrons. The summed E-state index contributed by atoms with van der Waals surface area (Å²) in [5, 5.41) is 0. The van der Waals surface area contributed by atoms with E-state index in [1.807, 2.05) is 22.6 Å². The summed E-state index contributed by atoms with van der Waals surface area (Å²) in [6.45, 7) is 1.33. The van der Waals surface area contributed by atoms with Crippen molar-refractivity contribution in [1.29, 1.82) is 0 Å². The Morgan fingerprint density at radius 2 is 1.86 bits per heavy atom. The van der Waals surface area contributed by atoms with Gasteiger partial charge in [0.25, 0.3) is 5.91 Å². The smallest absolute Gasteiger partial charge is 0.331 e. The molecule has 0 unspecified atom stereocenters. The highest BCUT2D eigenvalue weighted by atomic mass is 127. The Balaban J connectivity index is 1.74. The zero-order chi connectivity index (χ0) is 15.8. The molecular formula is C16H20INO4. The number of furan rings is 1. The van der Waals surface area contributed by atoms with Gasteiger partial charge in [-0.25, -0.2) is 4.79 Å². The largest absolute Gasteiger partial charge is 0.452 e. The number of carbonyl (C=O) groups excluding carboxylic acids is 2. The fourth-order valence-corrected chi connectivity index (χ4v) is 2.77. The van der Waals surface area contributed by atoms with E-state index in [1.165, 1.54) is 18.6 Å². The van der Waals surface area contributed by atoms with Crippen LogP contribution < -0.4 is 0 Å². The molecule has 0 aromatic carbocycles. The van der Waals surface area contributed by atoms with Crippen LogP contribution in [0.3, 0.4) is 0 Å². The molecule has 0 spiro atoms. The first-order valence-corrected chi connectivity index (χ1v) is 8.61. The maximum Gasteiger partial charge on any atom is 0.331 e. The average molecular weight is 417 g/mol. The summed E-state index contributed by atoms with van der Waals surface area (Å²) in [7, 11) is 0. The molecule has 1 amide bonds. The van der Waals surface area contributed by atoms with E-state index in [-0.39, 0.29) is 12.5 Å². The third-order valence-electron chi connectivity index (χ3n) is 3.52. The van der Waals surface area contributed by atoms with Crippen molar-refractivity contribution in [3.05, 3.63) is 27.7 Å². The molecule has 1 aliphatic rings. The molecular weight excluding hydrogens is 397 g/mol. The molecule has 2 rings (SSSR count). The summed E-state index contributed by atoms with van der Waals surface area (Å²) >= 11 is 2.05. The molecule has 5 nitrogen and oxygen atoms in total. The van der Waals surface area contributed by atoms with Crippen LogP contribution >= 0.6 is 22.6 Å². The molecule has 120 valence electrons. The Kier molecular flexibility index (Phi) is 6.95. The van der Waals surface area contributed by atoms with Crippen molar-refractivity contribution in [2.75, 3.05) is 19.7 Å². The van der Waals surface area contributed by atoms with E-state index in [4.69, 9.17) is 9.15 Å². The molecule has 0 atom stereocenters. The topological polar surface area (TPSA) is 59.8 Å². The second-order valence-corrected chi connectivity index (χ2v) is 6.29. The minimum Gasteiger partial charge on any atom is -0.452 e. The number of carbonyl (C=O) groups is 2. The summed E-state index contributed by atoms with van der Waals surface area (Å²) in [6, 6.07) is 3.56. The Morgan fingerprint density at radius 3 is 2.50 bits per heavy atom. The zero-order valence-corrected chi connectivity index (χ0v) is 14.6. The van der Waals surface area contributed by atoms with E-state index < -0.39 is 5.97 Å². The van der Waals surface area contributed by atoms with Gasteiger partial charge in [-0.05, 0) is 53.6 Å². The summed E-state index contributed by atoms with van der Waals surface area (Å²) in [4.78, 5) is 25.5. The van der Waals surface area contributed by atoms with Gasteiger partial charge in [0.15, 0.2) is 10.4 Å². The van der Waals surface area contributed by atoms with Gasteiger partial charge in [0.1, 0.15) is 5.76 Å². The standard InChI is InChI=1S/C16H20INO4/c17-14-8-6-13(22-14)7-9-16(20)21-12-15(19)18-10-4-2-1-3-5-11-18/h6-9H,1-5,10-12H2/b9-7+. The Labute approximate surface area is 143 Å². The third-order valence-corrected chi connectivity index (χ3v) is 4.10. The van der Waals surface area contributed by atoms with Crippen molar-refractivity contribution in [3.8, 4) is 0 Å². The van der Waals surface area contributed by atoms with Crippen LogP contribution in [0.1, 0.15) is 37.9 Å². The molecule has 1 saturated heterocycles. The highest BCUT2D eigenvalue weighted by molar-refractivity contribution is 14.1. The van der Waals surface area contributed by atoms with Gasteiger partial charge in [0.05, 0.1) is 0 Å². The van der Waals surface area contributed by atoms with E-state index >= 15 is 0 Å². The van der Waals surface area contributed by atoms with Crippen molar-refractivity contribution < 1.29 is 18.7 Å². The molecule has 1 aromatic rings. The van der Waals surface area contributed by atoms with Crippen LogP contribution in [0.2, 0.25) is 0 Å². The average Bonchev–Trinajstić information content (AvgIpc) is 2.88. The maximum atomic E-state index is 12.1. The maximum absolute atomic E-state index is 12.1. The molecule has 0 aliphatic carbocycles. The van der Waals surface area contributed by atoms with Crippen LogP contribution in [0, 0.1) is 3.77 Å². The molecule has 6 heteroatoms. The van der Waals surface area contributed by atoms with Crippen molar-refractivity contribution in [1.82, 2.24) is 4.90 Å². The predicted molar refractivity (Wildman–Crippen MR) is 91.1 cm³/mol. The number of nitrogens with zero attached hydrogens (tertiary/aromatic N) is 1.